The number of benzene rings is 1. The van der Waals surface area contributed by atoms with Gasteiger partial charge in [-0.15, -0.1) is 0 Å². The molecule has 0 spiro atoms. The van der Waals surface area contributed by atoms with Gasteiger partial charge in [0, 0.05) is 13.6 Å². The zero-order valence-corrected chi connectivity index (χ0v) is 13.4. The normalized spacial score (nSPS) is 12.8. The summed E-state index contributed by atoms with van der Waals surface area (Å²) >= 11 is 0. The summed E-state index contributed by atoms with van der Waals surface area (Å²) in [4.78, 5) is 11.8. The Morgan fingerprint density at radius 3 is 2.15 bits per heavy atom. The molecule has 0 aliphatic rings. The smallest absolute Gasteiger partial charge is 0.236 e. The van der Waals surface area contributed by atoms with Crippen molar-refractivity contribution >= 4 is 5.91 Å². The highest BCUT2D eigenvalue weighted by Crippen LogP contribution is 2.15. The van der Waals surface area contributed by atoms with Gasteiger partial charge in [-0.3, -0.25) is 4.79 Å². The molecular weight excluding hydrogens is 248 g/mol. The van der Waals surface area contributed by atoms with Crippen LogP contribution < -0.4 is 10.6 Å². The third kappa shape index (κ3) is 5.33. The van der Waals surface area contributed by atoms with Crippen LogP contribution in [0.4, 0.5) is 0 Å². The SMILES string of the molecule is CNC(=O)C(CC(C)C)NCc1ccc(C(C)C)cc1. The number of carbonyl (C=O) groups excluding carboxylic acids is 1. The fourth-order valence-electron chi connectivity index (χ4n) is 2.19. The lowest BCUT2D eigenvalue weighted by atomic mass is 10.0. The molecule has 0 bridgehead atoms. The Hall–Kier alpha value is -1.35. The van der Waals surface area contributed by atoms with Crippen molar-refractivity contribution in [1.29, 1.82) is 0 Å². The minimum absolute atomic E-state index is 0.0671. The summed E-state index contributed by atoms with van der Waals surface area (Å²) in [6.45, 7) is 9.38. The van der Waals surface area contributed by atoms with E-state index in [1.165, 1.54) is 11.1 Å². The first-order valence-electron chi connectivity index (χ1n) is 7.47. The number of carbonyl (C=O) groups is 1. The fourth-order valence-corrected chi connectivity index (χ4v) is 2.19. The maximum absolute atomic E-state index is 11.8. The van der Waals surface area contributed by atoms with Gasteiger partial charge in [0.15, 0.2) is 0 Å². The van der Waals surface area contributed by atoms with E-state index in [2.05, 4.69) is 62.6 Å². The molecule has 3 nitrogen and oxygen atoms in total. The van der Waals surface area contributed by atoms with Crippen molar-refractivity contribution in [2.75, 3.05) is 7.05 Å². The van der Waals surface area contributed by atoms with Crippen LogP contribution in [-0.4, -0.2) is 19.0 Å². The summed E-state index contributed by atoms with van der Waals surface area (Å²) in [5, 5.41) is 6.08. The second-order valence-corrected chi connectivity index (χ2v) is 6.07. The predicted molar refractivity (Wildman–Crippen MR) is 84.7 cm³/mol. The van der Waals surface area contributed by atoms with E-state index in [1.54, 1.807) is 7.05 Å². The van der Waals surface area contributed by atoms with Gasteiger partial charge in [-0.2, -0.15) is 0 Å². The molecule has 0 saturated heterocycles. The molecule has 1 amide bonds. The third-order valence-electron chi connectivity index (χ3n) is 3.47. The van der Waals surface area contributed by atoms with Gasteiger partial charge in [-0.25, -0.2) is 0 Å². The van der Waals surface area contributed by atoms with E-state index >= 15 is 0 Å². The van der Waals surface area contributed by atoms with Crippen molar-refractivity contribution in [3.63, 3.8) is 0 Å². The van der Waals surface area contributed by atoms with Gasteiger partial charge in [0.2, 0.25) is 5.91 Å². The number of rotatable bonds is 7. The highest BCUT2D eigenvalue weighted by Gasteiger charge is 2.17. The van der Waals surface area contributed by atoms with Gasteiger partial charge >= 0.3 is 0 Å². The van der Waals surface area contributed by atoms with Crippen LogP contribution in [0.1, 0.15) is 51.2 Å². The minimum atomic E-state index is -0.121. The average Bonchev–Trinajstić information content (AvgIpc) is 2.42. The molecule has 1 aromatic carbocycles. The predicted octanol–water partition coefficient (Wildman–Crippen LogP) is 3.06. The Bertz CT molecular complexity index is 410. The van der Waals surface area contributed by atoms with E-state index in [0.29, 0.717) is 11.8 Å². The molecular formula is C17H28N2O. The third-order valence-corrected chi connectivity index (χ3v) is 3.47. The van der Waals surface area contributed by atoms with Crippen molar-refractivity contribution in [3.8, 4) is 0 Å². The van der Waals surface area contributed by atoms with E-state index in [1.807, 2.05) is 0 Å². The van der Waals surface area contributed by atoms with Crippen molar-refractivity contribution < 1.29 is 4.79 Å². The van der Waals surface area contributed by atoms with Gasteiger partial charge < -0.3 is 10.6 Å². The second-order valence-electron chi connectivity index (χ2n) is 6.07. The van der Waals surface area contributed by atoms with Crippen LogP contribution in [0.2, 0.25) is 0 Å². The molecule has 2 N–H and O–H groups in total. The largest absolute Gasteiger partial charge is 0.358 e. The van der Waals surface area contributed by atoms with Crippen LogP contribution in [-0.2, 0) is 11.3 Å². The first kappa shape index (κ1) is 16.7. The molecule has 0 heterocycles. The van der Waals surface area contributed by atoms with E-state index in [9.17, 15) is 4.79 Å². The Morgan fingerprint density at radius 2 is 1.70 bits per heavy atom. The van der Waals surface area contributed by atoms with Gasteiger partial charge in [-0.05, 0) is 29.4 Å². The van der Waals surface area contributed by atoms with Gasteiger partial charge in [0.05, 0.1) is 6.04 Å². The lowest BCUT2D eigenvalue weighted by molar-refractivity contribution is -0.123. The first-order valence-corrected chi connectivity index (χ1v) is 7.47. The van der Waals surface area contributed by atoms with Crippen LogP contribution in [0.5, 0.6) is 0 Å². The zero-order chi connectivity index (χ0) is 15.1. The van der Waals surface area contributed by atoms with Gasteiger partial charge in [0.1, 0.15) is 0 Å². The van der Waals surface area contributed by atoms with Crippen LogP contribution >= 0.6 is 0 Å². The number of likely N-dealkylation sites (N-methyl/N-ethyl adjacent to an activating group) is 1. The van der Waals surface area contributed by atoms with Crippen LogP contribution in [0.3, 0.4) is 0 Å². The molecule has 3 heteroatoms. The summed E-state index contributed by atoms with van der Waals surface area (Å²) < 4.78 is 0. The highest BCUT2D eigenvalue weighted by molar-refractivity contribution is 5.81. The fraction of sp³-hybridized carbons (Fsp3) is 0.588. The Balaban J connectivity index is 2.60. The Labute approximate surface area is 123 Å². The van der Waals surface area contributed by atoms with Crippen LogP contribution in [0, 0.1) is 5.92 Å². The van der Waals surface area contributed by atoms with Crippen LogP contribution in [0.25, 0.3) is 0 Å². The monoisotopic (exact) mass is 276 g/mol. The molecule has 112 valence electrons. The maximum Gasteiger partial charge on any atom is 0.236 e. The molecule has 0 radical (unpaired) electrons. The summed E-state index contributed by atoms with van der Waals surface area (Å²) in [5.74, 6) is 1.11. The van der Waals surface area contributed by atoms with Crippen LogP contribution in [0.15, 0.2) is 24.3 Å². The topological polar surface area (TPSA) is 41.1 Å². The quantitative estimate of drug-likeness (QED) is 0.803. The van der Waals surface area contributed by atoms with Crippen molar-refractivity contribution in [2.24, 2.45) is 5.92 Å². The lowest BCUT2D eigenvalue weighted by Gasteiger charge is -2.19. The summed E-state index contributed by atoms with van der Waals surface area (Å²) in [6, 6.07) is 8.49. The van der Waals surface area contributed by atoms with E-state index in [0.717, 1.165) is 13.0 Å². The van der Waals surface area contributed by atoms with Gasteiger partial charge in [0.25, 0.3) is 0 Å². The molecule has 0 saturated carbocycles. The first-order chi connectivity index (χ1) is 9.43. The second kappa shape index (κ2) is 8.05. The number of nitrogens with one attached hydrogen (secondary N) is 2. The molecule has 0 aliphatic carbocycles. The van der Waals surface area contributed by atoms with E-state index in [4.69, 9.17) is 0 Å². The molecule has 0 aliphatic heterocycles. The van der Waals surface area contributed by atoms with Crippen molar-refractivity contribution in [3.05, 3.63) is 35.4 Å². The minimum Gasteiger partial charge on any atom is -0.358 e. The Kier molecular flexibility index (Phi) is 6.73. The maximum atomic E-state index is 11.8. The molecule has 1 aromatic rings. The number of hydrogen-bond acceptors (Lipinski definition) is 2. The zero-order valence-electron chi connectivity index (χ0n) is 13.4. The molecule has 20 heavy (non-hydrogen) atoms. The summed E-state index contributed by atoms with van der Waals surface area (Å²) in [6.07, 6.45) is 0.851. The van der Waals surface area contributed by atoms with Crippen molar-refractivity contribution in [1.82, 2.24) is 10.6 Å². The van der Waals surface area contributed by atoms with E-state index < -0.39 is 0 Å². The standard InChI is InChI=1S/C17H28N2O/c1-12(2)10-16(17(20)18-5)19-11-14-6-8-15(9-7-14)13(3)4/h6-9,12-13,16,19H,10-11H2,1-5H3,(H,18,20). The highest BCUT2D eigenvalue weighted by atomic mass is 16.2. The molecule has 0 aromatic heterocycles. The summed E-state index contributed by atoms with van der Waals surface area (Å²) in [7, 11) is 1.69. The molecule has 1 rings (SSSR count). The number of amides is 1. The molecule has 1 unspecified atom stereocenters. The molecule has 1 atom stereocenters. The number of hydrogen-bond donors (Lipinski definition) is 2. The lowest BCUT2D eigenvalue weighted by Crippen LogP contribution is -2.43. The molecule has 0 fully saturated rings. The Morgan fingerprint density at radius 1 is 1.10 bits per heavy atom. The van der Waals surface area contributed by atoms with Crippen molar-refractivity contribution in [2.45, 2.75) is 52.6 Å². The average molecular weight is 276 g/mol. The van der Waals surface area contributed by atoms with E-state index in [-0.39, 0.29) is 11.9 Å². The van der Waals surface area contributed by atoms with Gasteiger partial charge in [-0.1, -0.05) is 52.0 Å². The summed E-state index contributed by atoms with van der Waals surface area (Å²) in [5.41, 5.74) is 2.56.